The summed E-state index contributed by atoms with van der Waals surface area (Å²) in [4.78, 5) is 17.2. The van der Waals surface area contributed by atoms with Crippen molar-refractivity contribution < 1.29 is 13.2 Å². The number of hydrogen-bond donors (Lipinski definition) is 2. The Labute approximate surface area is 159 Å². The van der Waals surface area contributed by atoms with E-state index >= 15 is 0 Å². The second kappa shape index (κ2) is 6.91. The van der Waals surface area contributed by atoms with Crippen molar-refractivity contribution in [1.29, 1.82) is 0 Å². The molecular weight excluding hydrogens is 364 g/mol. The molecule has 1 aliphatic carbocycles. The lowest BCUT2D eigenvalue weighted by atomic mass is 9.91. The van der Waals surface area contributed by atoms with Crippen molar-refractivity contribution in [3.05, 3.63) is 29.6 Å². The van der Waals surface area contributed by atoms with Crippen molar-refractivity contribution in [2.75, 3.05) is 11.5 Å². The fraction of sp³-hybridized carbons (Fsp3) is 0.579. The van der Waals surface area contributed by atoms with E-state index < -0.39 is 9.84 Å². The number of aryl methyl sites for hydroxylation is 1. The number of rotatable bonds is 3. The third-order valence-corrected chi connectivity index (χ3v) is 7.59. The van der Waals surface area contributed by atoms with Gasteiger partial charge in [-0.05, 0) is 44.4 Å². The van der Waals surface area contributed by atoms with Gasteiger partial charge in [0.1, 0.15) is 5.82 Å². The lowest BCUT2D eigenvalue weighted by molar-refractivity contribution is 0.0921. The van der Waals surface area contributed by atoms with Gasteiger partial charge in [0.2, 0.25) is 0 Å². The van der Waals surface area contributed by atoms with Gasteiger partial charge in [-0.2, -0.15) is 0 Å². The van der Waals surface area contributed by atoms with E-state index in [9.17, 15) is 13.2 Å². The first-order valence-electron chi connectivity index (χ1n) is 9.59. The van der Waals surface area contributed by atoms with E-state index in [4.69, 9.17) is 5.73 Å². The molecule has 8 heteroatoms. The van der Waals surface area contributed by atoms with E-state index in [2.05, 4.69) is 10.3 Å². The lowest BCUT2D eigenvalue weighted by Gasteiger charge is -2.29. The van der Waals surface area contributed by atoms with Crippen molar-refractivity contribution >= 4 is 26.8 Å². The minimum Gasteiger partial charge on any atom is -0.348 e. The average Bonchev–Trinajstić information content (AvgIpc) is 3.14. The van der Waals surface area contributed by atoms with Gasteiger partial charge in [0.15, 0.2) is 9.84 Å². The van der Waals surface area contributed by atoms with Crippen LogP contribution in [0.15, 0.2) is 18.2 Å². The quantitative estimate of drug-likeness (QED) is 0.829. The summed E-state index contributed by atoms with van der Waals surface area (Å²) >= 11 is 0. The normalized spacial score (nSPS) is 27.7. The monoisotopic (exact) mass is 390 g/mol. The molecule has 0 spiro atoms. The highest BCUT2D eigenvalue weighted by Crippen LogP contribution is 2.29. The average molecular weight is 391 g/mol. The molecule has 0 unspecified atom stereocenters. The van der Waals surface area contributed by atoms with E-state index in [1.54, 1.807) is 12.1 Å². The fourth-order valence-electron chi connectivity index (χ4n) is 4.39. The van der Waals surface area contributed by atoms with Gasteiger partial charge in [-0.3, -0.25) is 4.79 Å². The molecule has 27 heavy (non-hydrogen) atoms. The van der Waals surface area contributed by atoms with Gasteiger partial charge in [-0.25, -0.2) is 13.4 Å². The van der Waals surface area contributed by atoms with Gasteiger partial charge in [-0.15, -0.1) is 0 Å². The van der Waals surface area contributed by atoms with E-state index in [0.29, 0.717) is 12.0 Å². The Hall–Kier alpha value is -1.93. The first-order chi connectivity index (χ1) is 12.8. The smallest absolute Gasteiger partial charge is 0.251 e. The zero-order valence-corrected chi connectivity index (χ0v) is 16.3. The zero-order valence-electron chi connectivity index (χ0n) is 15.5. The van der Waals surface area contributed by atoms with Gasteiger partial charge < -0.3 is 15.6 Å². The number of benzene rings is 1. The molecule has 7 nitrogen and oxygen atoms in total. The number of amides is 1. The number of fused-ring (bicyclic) bond motifs is 1. The van der Waals surface area contributed by atoms with Crippen LogP contribution in [0.5, 0.6) is 0 Å². The Morgan fingerprint density at radius 1 is 1.26 bits per heavy atom. The van der Waals surface area contributed by atoms with E-state index in [1.165, 1.54) is 0 Å². The van der Waals surface area contributed by atoms with Gasteiger partial charge >= 0.3 is 0 Å². The molecule has 146 valence electrons. The molecule has 0 radical (unpaired) electrons. The molecule has 3 N–H and O–H groups in total. The second-order valence-electron chi connectivity index (χ2n) is 7.82. The number of aromatic nitrogens is 2. The third-order valence-electron chi connectivity index (χ3n) is 5.84. The molecule has 1 aromatic carbocycles. The molecule has 1 saturated carbocycles. The molecular formula is C19H26N4O3S. The van der Waals surface area contributed by atoms with Crippen LogP contribution in [0.25, 0.3) is 11.0 Å². The maximum absolute atomic E-state index is 12.7. The Balaban J connectivity index is 1.59. The van der Waals surface area contributed by atoms with E-state index in [-0.39, 0.29) is 35.5 Å². The second-order valence-corrected chi connectivity index (χ2v) is 10.0. The van der Waals surface area contributed by atoms with Crippen molar-refractivity contribution in [3.8, 4) is 0 Å². The first kappa shape index (κ1) is 18.4. The highest BCUT2D eigenvalue weighted by atomic mass is 32.2. The fourth-order valence-corrected chi connectivity index (χ4v) is 6.09. The lowest BCUT2D eigenvalue weighted by Crippen LogP contribution is -2.49. The Morgan fingerprint density at radius 3 is 2.74 bits per heavy atom. The molecule has 2 fully saturated rings. The topological polar surface area (TPSA) is 107 Å². The highest BCUT2D eigenvalue weighted by molar-refractivity contribution is 7.91. The number of carbonyl (C=O) groups is 1. The van der Waals surface area contributed by atoms with Crippen LogP contribution >= 0.6 is 0 Å². The number of sulfone groups is 1. The maximum atomic E-state index is 12.7. The van der Waals surface area contributed by atoms with Crippen LogP contribution in [-0.4, -0.2) is 47.5 Å². The Bertz CT molecular complexity index is 982. The first-order valence-corrected chi connectivity index (χ1v) is 11.4. The number of imidazole rings is 1. The maximum Gasteiger partial charge on any atom is 0.251 e. The largest absolute Gasteiger partial charge is 0.348 e. The van der Waals surface area contributed by atoms with Gasteiger partial charge in [-0.1, -0.05) is 12.8 Å². The predicted octanol–water partition coefficient (Wildman–Crippen LogP) is 1.70. The summed E-state index contributed by atoms with van der Waals surface area (Å²) in [7, 11) is -2.97. The van der Waals surface area contributed by atoms with Crippen LogP contribution in [0.1, 0.15) is 54.3 Å². The summed E-state index contributed by atoms with van der Waals surface area (Å²) in [5.74, 6) is 1.02. The van der Waals surface area contributed by atoms with Crippen LogP contribution in [0, 0.1) is 6.92 Å². The standard InChI is InChI=1S/C19H26N4O3S/c1-12-21-17-10-13(19(24)22-16-5-3-2-4-15(16)20)6-7-18(17)23(12)14-8-9-27(25,26)11-14/h6-7,10,14-16H,2-5,8-9,11,20H2,1H3,(H,22,24)/t14-,15+,16+/m0/s1. The number of nitrogens with zero attached hydrogens (tertiary/aromatic N) is 2. The molecule has 1 aromatic heterocycles. The van der Waals surface area contributed by atoms with Crippen LogP contribution in [0.2, 0.25) is 0 Å². The zero-order chi connectivity index (χ0) is 19.2. The molecule has 3 atom stereocenters. The molecule has 2 aliphatic rings. The van der Waals surface area contributed by atoms with Crippen molar-refractivity contribution in [2.45, 2.75) is 57.2 Å². The van der Waals surface area contributed by atoms with Crippen molar-refractivity contribution in [3.63, 3.8) is 0 Å². The highest BCUT2D eigenvalue weighted by Gasteiger charge is 2.31. The Morgan fingerprint density at radius 2 is 2.04 bits per heavy atom. The summed E-state index contributed by atoms with van der Waals surface area (Å²) in [6, 6.07) is 5.39. The van der Waals surface area contributed by atoms with E-state index in [0.717, 1.165) is 42.5 Å². The minimum atomic E-state index is -2.97. The van der Waals surface area contributed by atoms with Crippen LogP contribution in [0.4, 0.5) is 0 Å². The molecule has 1 saturated heterocycles. The molecule has 0 bridgehead atoms. The molecule has 2 aromatic rings. The summed E-state index contributed by atoms with van der Waals surface area (Å²) in [6.45, 7) is 1.88. The van der Waals surface area contributed by atoms with Gasteiger partial charge in [0, 0.05) is 17.6 Å². The SMILES string of the molecule is Cc1nc2cc(C(=O)N[C@@H]3CCCC[C@H]3N)ccc2n1[C@H]1CCS(=O)(=O)C1. The van der Waals surface area contributed by atoms with Gasteiger partial charge in [0.05, 0.1) is 28.6 Å². The number of carbonyl (C=O) groups excluding carboxylic acids is 1. The van der Waals surface area contributed by atoms with Crippen LogP contribution in [-0.2, 0) is 9.84 Å². The summed E-state index contributed by atoms with van der Waals surface area (Å²) < 4.78 is 25.7. The van der Waals surface area contributed by atoms with Crippen molar-refractivity contribution in [2.24, 2.45) is 5.73 Å². The Kier molecular flexibility index (Phi) is 4.71. The van der Waals surface area contributed by atoms with Crippen molar-refractivity contribution in [1.82, 2.24) is 14.9 Å². The minimum absolute atomic E-state index is 0.0113. The molecule has 4 rings (SSSR count). The summed E-state index contributed by atoms with van der Waals surface area (Å²) in [6.07, 6.45) is 4.67. The number of nitrogens with one attached hydrogen (secondary N) is 1. The molecule has 1 amide bonds. The van der Waals surface area contributed by atoms with E-state index in [1.807, 2.05) is 17.6 Å². The predicted molar refractivity (Wildman–Crippen MR) is 104 cm³/mol. The molecule has 2 heterocycles. The van der Waals surface area contributed by atoms with Crippen LogP contribution < -0.4 is 11.1 Å². The molecule has 1 aliphatic heterocycles. The summed E-state index contributed by atoms with van der Waals surface area (Å²) in [5.41, 5.74) is 8.29. The van der Waals surface area contributed by atoms with Gasteiger partial charge in [0.25, 0.3) is 5.91 Å². The summed E-state index contributed by atoms with van der Waals surface area (Å²) in [5, 5.41) is 3.06. The number of hydrogen-bond acceptors (Lipinski definition) is 5. The number of nitrogens with two attached hydrogens (primary N) is 1. The third kappa shape index (κ3) is 3.60. The van der Waals surface area contributed by atoms with Crippen LogP contribution in [0.3, 0.4) is 0 Å².